The van der Waals surface area contributed by atoms with E-state index in [9.17, 15) is 0 Å². The molecule has 0 heterocycles. The van der Waals surface area contributed by atoms with Crippen molar-refractivity contribution in [2.24, 2.45) is 0 Å². The van der Waals surface area contributed by atoms with E-state index < -0.39 is 0 Å². The van der Waals surface area contributed by atoms with Crippen molar-refractivity contribution in [2.75, 3.05) is 0 Å². The fourth-order valence-corrected chi connectivity index (χ4v) is 1.95. The number of rotatable bonds is 5. The van der Waals surface area contributed by atoms with Gasteiger partial charge >= 0.3 is 0 Å². The summed E-state index contributed by atoms with van der Waals surface area (Å²) in [5.41, 5.74) is 1.36. The smallest absolute Gasteiger partial charge is 0.128 e. The van der Waals surface area contributed by atoms with Crippen molar-refractivity contribution >= 4 is 11.6 Å². The molecule has 2 heteroatoms. The molecule has 0 aliphatic rings. The van der Waals surface area contributed by atoms with Crippen LogP contribution < -0.4 is 4.74 Å². The van der Waals surface area contributed by atoms with Gasteiger partial charge in [0, 0.05) is 5.02 Å². The van der Waals surface area contributed by atoms with Crippen molar-refractivity contribution in [1.82, 2.24) is 0 Å². The van der Waals surface area contributed by atoms with Gasteiger partial charge in [-0.3, -0.25) is 0 Å². The molecular weight excluding hydrogens is 244 g/mol. The van der Waals surface area contributed by atoms with Gasteiger partial charge in [0.2, 0.25) is 0 Å². The van der Waals surface area contributed by atoms with E-state index in [-0.39, 0.29) is 0 Å². The van der Waals surface area contributed by atoms with Gasteiger partial charge in [0.1, 0.15) is 11.5 Å². The zero-order valence-electron chi connectivity index (χ0n) is 10.5. The molecule has 2 aromatic carbocycles. The van der Waals surface area contributed by atoms with E-state index in [2.05, 4.69) is 19.1 Å². The Labute approximate surface area is 113 Å². The van der Waals surface area contributed by atoms with Gasteiger partial charge in [-0.05, 0) is 48.7 Å². The normalized spacial score (nSPS) is 10.3. The Bertz CT molecular complexity index is 491. The van der Waals surface area contributed by atoms with Gasteiger partial charge in [-0.25, -0.2) is 0 Å². The van der Waals surface area contributed by atoms with E-state index in [1.165, 1.54) is 18.4 Å². The van der Waals surface area contributed by atoms with Crippen LogP contribution in [0.4, 0.5) is 0 Å². The molecule has 0 aromatic heterocycles. The van der Waals surface area contributed by atoms with Crippen molar-refractivity contribution < 1.29 is 4.74 Å². The lowest BCUT2D eigenvalue weighted by Gasteiger charge is -2.07. The number of halogens is 1. The summed E-state index contributed by atoms with van der Waals surface area (Å²) in [5.74, 6) is 1.61. The maximum atomic E-state index is 5.91. The molecule has 0 bridgehead atoms. The van der Waals surface area contributed by atoms with Gasteiger partial charge in [-0.1, -0.05) is 43.1 Å². The van der Waals surface area contributed by atoms with Crippen molar-refractivity contribution in [3.05, 3.63) is 59.1 Å². The lowest BCUT2D eigenvalue weighted by atomic mass is 10.1. The third kappa shape index (κ3) is 3.78. The first-order valence-electron chi connectivity index (χ1n) is 6.30. The summed E-state index contributed by atoms with van der Waals surface area (Å²) >= 11 is 5.91. The highest BCUT2D eigenvalue weighted by Crippen LogP contribution is 2.24. The van der Waals surface area contributed by atoms with Gasteiger partial charge in [-0.2, -0.15) is 0 Å². The lowest BCUT2D eigenvalue weighted by Crippen LogP contribution is -1.87. The van der Waals surface area contributed by atoms with Crippen LogP contribution in [-0.4, -0.2) is 0 Å². The fourth-order valence-electron chi connectivity index (χ4n) is 1.77. The molecule has 0 radical (unpaired) electrons. The first kappa shape index (κ1) is 13.0. The highest BCUT2D eigenvalue weighted by Gasteiger charge is 1.98. The molecule has 2 rings (SSSR count). The molecule has 2 aromatic rings. The van der Waals surface area contributed by atoms with Crippen LogP contribution in [0.1, 0.15) is 25.3 Å². The van der Waals surface area contributed by atoms with Gasteiger partial charge in [0.15, 0.2) is 0 Å². The van der Waals surface area contributed by atoms with E-state index >= 15 is 0 Å². The Morgan fingerprint density at radius 3 is 2.44 bits per heavy atom. The van der Waals surface area contributed by atoms with Crippen LogP contribution in [0.5, 0.6) is 11.5 Å². The predicted molar refractivity (Wildman–Crippen MR) is 76.6 cm³/mol. The maximum Gasteiger partial charge on any atom is 0.128 e. The molecule has 0 fully saturated rings. The number of ether oxygens (including phenoxy) is 1. The molecule has 0 atom stereocenters. The number of hydrogen-bond acceptors (Lipinski definition) is 1. The molecule has 94 valence electrons. The van der Waals surface area contributed by atoms with Crippen LogP contribution in [0.25, 0.3) is 0 Å². The van der Waals surface area contributed by atoms with Gasteiger partial charge in [-0.15, -0.1) is 0 Å². The van der Waals surface area contributed by atoms with Crippen molar-refractivity contribution in [1.29, 1.82) is 0 Å². The Morgan fingerprint density at radius 1 is 1.00 bits per heavy atom. The number of benzene rings is 2. The molecule has 18 heavy (non-hydrogen) atoms. The minimum Gasteiger partial charge on any atom is -0.457 e. The largest absolute Gasteiger partial charge is 0.457 e. The molecule has 0 unspecified atom stereocenters. The molecule has 0 spiro atoms. The van der Waals surface area contributed by atoms with Crippen molar-refractivity contribution in [3.8, 4) is 11.5 Å². The summed E-state index contributed by atoms with van der Waals surface area (Å²) in [4.78, 5) is 0. The minimum absolute atomic E-state index is 0.687. The average molecular weight is 261 g/mol. The van der Waals surface area contributed by atoms with Crippen LogP contribution in [0.15, 0.2) is 48.5 Å². The number of unbranched alkanes of at least 4 members (excludes halogenated alkanes) is 1. The third-order valence-electron chi connectivity index (χ3n) is 2.77. The highest BCUT2D eigenvalue weighted by atomic mass is 35.5. The van der Waals surface area contributed by atoms with Crippen LogP contribution in [-0.2, 0) is 6.42 Å². The fraction of sp³-hybridized carbons (Fsp3) is 0.250. The summed E-state index contributed by atoms with van der Waals surface area (Å²) in [7, 11) is 0. The maximum absolute atomic E-state index is 5.91. The van der Waals surface area contributed by atoms with Crippen LogP contribution in [0.3, 0.4) is 0 Å². The number of aryl methyl sites for hydroxylation is 1. The average Bonchev–Trinajstić information content (AvgIpc) is 2.38. The van der Waals surface area contributed by atoms with Gasteiger partial charge in [0.05, 0.1) is 0 Å². The summed E-state index contributed by atoms with van der Waals surface area (Å²) in [6.07, 6.45) is 3.59. The van der Waals surface area contributed by atoms with Crippen LogP contribution in [0.2, 0.25) is 5.02 Å². The monoisotopic (exact) mass is 260 g/mol. The molecule has 0 amide bonds. The Kier molecular flexibility index (Phi) is 4.66. The van der Waals surface area contributed by atoms with Crippen molar-refractivity contribution in [3.63, 3.8) is 0 Å². The van der Waals surface area contributed by atoms with E-state index in [1.54, 1.807) is 0 Å². The summed E-state index contributed by atoms with van der Waals surface area (Å²) < 4.78 is 5.73. The van der Waals surface area contributed by atoms with E-state index in [4.69, 9.17) is 16.3 Å². The molecule has 0 aliphatic heterocycles. The topological polar surface area (TPSA) is 9.23 Å². The highest BCUT2D eigenvalue weighted by molar-refractivity contribution is 6.30. The molecule has 0 N–H and O–H groups in total. The quantitative estimate of drug-likeness (QED) is 0.692. The minimum atomic E-state index is 0.687. The summed E-state index contributed by atoms with van der Waals surface area (Å²) in [6.45, 7) is 2.20. The Morgan fingerprint density at radius 2 is 1.78 bits per heavy atom. The predicted octanol–water partition coefficient (Wildman–Crippen LogP) is 5.47. The van der Waals surface area contributed by atoms with Crippen molar-refractivity contribution in [2.45, 2.75) is 26.2 Å². The molecule has 1 nitrogen and oxygen atoms in total. The number of hydrogen-bond donors (Lipinski definition) is 0. The molecule has 0 saturated heterocycles. The first-order chi connectivity index (χ1) is 8.78. The Hall–Kier alpha value is -1.47. The van der Waals surface area contributed by atoms with Crippen LogP contribution in [0, 0.1) is 0 Å². The second kappa shape index (κ2) is 6.46. The first-order valence-corrected chi connectivity index (χ1v) is 6.68. The second-order valence-electron chi connectivity index (χ2n) is 4.31. The lowest BCUT2D eigenvalue weighted by molar-refractivity contribution is 0.482. The van der Waals surface area contributed by atoms with E-state index in [1.807, 2.05) is 36.4 Å². The zero-order chi connectivity index (χ0) is 12.8. The molecule has 0 saturated carbocycles. The SMILES string of the molecule is CCCCc1ccc(Oc2cccc(Cl)c2)cc1. The van der Waals surface area contributed by atoms with Crippen LogP contribution >= 0.6 is 11.6 Å². The summed E-state index contributed by atoms with van der Waals surface area (Å²) in [6, 6.07) is 15.7. The van der Waals surface area contributed by atoms with E-state index in [0.717, 1.165) is 17.9 Å². The Balaban J connectivity index is 2.02. The second-order valence-corrected chi connectivity index (χ2v) is 4.74. The zero-order valence-corrected chi connectivity index (χ0v) is 11.3. The molecule has 0 aliphatic carbocycles. The molecular formula is C16H17ClO. The third-order valence-corrected chi connectivity index (χ3v) is 3.01. The van der Waals surface area contributed by atoms with E-state index in [0.29, 0.717) is 5.02 Å². The van der Waals surface area contributed by atoms with Gasteiger partial charge in [0.25, 0.3) is 0 Å². The summed E-state index contributed by atoms with van der Waals surface area (Å²) in [5, 5.41) is 0.687. The van der Waals surface area contributed by atoms with Gasteiger partial charge < -0.3 is 4.74 Å². The standard InChI is InChI=1S/C16H17ClO/c1-2-3-5-13-8-10-15(11-9-13)18-16-7-4-6-14(17)12-16/h4,6-12H,2-3,5H2,1H3.